The van der Waals surface area contributed by atoms with Crippen molar-refractivity contribution in [2.24, 2.45) is 0 Å². The van der Waals surface area contributed by atoms with Crippen molar-refractivity contribution in [3.05, 3.63) is 18.0 Å². The molecule has 0 aliphatic heterocycles. The molecule has 7 nitrogen and oxygen atoms in total. The van der Waals surface area contributed by atoms with Gasteiger partial charge in [-0.05, 0) is 11.1 Å². The quantitative estimate of drug-likeness (QED) is 0.648. The molecule has 2 rings (SSSR count). The van der Waals surface area contributed by atoms with E-state index in [1.54, 1.807) is 0 Å². The molecule has 0 aromatic carbocycles. The van der Waals surface area contributed by atoms with Gasteiger partial charge < -0.3 is 0 Å². The Kier molecular flexibility index (Phi) is 2.91. The van der Waals surface area contributed by atoms with Crippen LogP contribution in [0.1, 0.15) is 11.6 Å². The van der Waals surface area contributed by atoms with Gasteiger partial charge in [-0.25, -0.2) is 4.98 Å². The normalized spacial score (nSPS) is 9.19. The summed E-state index contributed by atoms with van der Waals surface area (Å²) in [6.07, 6.45) is 6.88. The van der Waals surface area contributed by atoms with E-state index in [-0.39, 0.29) is 0 Å². The molecule has 2 aromatic rings. The first-order valence-electron chi connectivity index (χ1n) is 4.43. The average Bonchev–Trinajstić information content (AvgIpc) is 2.90. The second-order valence-corrected chi connectivity index (χ2v) is 2.75. The summed E-state index contributed by atoms with van der Waals surface area (Å²) in [6.45, 7) is 0.332. The zero-order valence-electron chi connectivity index (χ0n) is 8.25. The summed E-state index contributed by atoms with van der Waals surface area (Å²) in [6, 6.07) is 0. The Labute approximate surface area is 91.3 Å². The molecule has 0 unspecified atom stereocenters. The van der Waals surface area contributed by atoms with Crippen molar-refractivity contribution in [1.29, 1.82) is 0 Å². The summed E-state index contributed by atoms with van der Waals surface area (Å²) in [4.78, 5) is 5.22. The Morgan fingerprint density at radius 3 is 3.19 bits per heavy atom. The molecule has 0 amide bonds. The van der Waals surface area contributed by atoms with Crippen molar-refractivity contribution in [2.75, 3.05) is 0 Å². The Hall–Kier alpha value is -2.67. The van der Waals surface area contributed by atoms with Gasteiger partial charge in [0, 0.05) is 0 Å². The van der Waals surface area contributed by atoms with Gasteiger partial charge in [-0.1, -0.05) is 11.8 Å². The van der Waals surface area contributed by atoms with Crippen LogP contribution in [0.3, 0.4) is 0 Å². The Morgan fingerprint density at radius 2 is 2.44 bits per heavy atom. The lowest BCUT2D eigenvalue weighted by Gasteiger charge is -1.86. The highest BCUT2D eigenvalue weighted by Crippen LogP contribution is 1.86. The molecule has 0 fully saturated rings. The Bertz CT molecular complexity index is 549. The van der Waals surface area contributed by atoms with E-state index in [0.29, 0.717) is 24.6 Å². The molecule has 0 radical (unpaired) electrons. The zero-order chi connectivity index (χ0) is 11.2. The number of hydrogen-bond acceptors (Lipinski definition) is 5. The van der Waals surface area contributed by atoms with Crippen LogP contribution in [-0.4, -0.2) is 35.4 Å². The van der Waals surface area contributed by atoms with E-state index >= 15 is 0 Å². The van der Waals surface area contributed by atoms with E-state index in [1.165, 1.54) is 11.1 Å². The molecule has 0 aliphatic rings. The molecule has 0 saturated carbocycles. The largest absolute Gasteiger partial charge is 0.253 e. The fourth-order valence-corrected chi connectivity index (χ4v) is 0.965. The lowest BCUT2D eigenvalue weighted by atomic mass is 10.4. The standard InChI is InChI=1S/C9H7N7/c1-2-4-9-13-15-16(14-9)6-3-5-8-10-7-11-12-8/h1,7H,4,6H2,(H,10,11,12). The van der Waals surface area contributed by atoms with Crippen molar-refractivity contribution in [1.82, 2.24) is 35.4 Å². The molecular formula is C9H7N7. The highest BCUT2D eigenvalue weighted by Gasteiger charge is 1.98. The SMILES string of the molecule is C#CCc1nnn(CC#Cc2ncn[nH]2)n1. The number of rotatable bonds is 2. The molecule has 0 saturated heterocycles. The fraction of sp³-hybridized carbons (Fsp3) is 0.222. The molecule has 16 heavy (non-hydrogen) atoms. The predicted molar refractivity (Wildman–Crippen MR) is 53.6 cm³/mol. The van der Waals surface area contributed by atoms with Gasteiger partial charge >= 0.3 is 0 Å². The van der Waals surface area contributed by atoms with Crippen molar-refractivity contribution >= 4 is 0 Å². The number of nitrogens with zero attached hydrogens (tertiary/aromatic N) is 6. The Morgan fingerprint density at radius 1 is 1.50 bits per heavy atom. The van der Waals surface area contributed by atoms with Crippen LogP contribution in [0.4, 0.5) is 0 Å². The molecule has 78 valence electrons. The minimum Gasteiger partial charge on any atom is -0.253 e. The first-order chi connectivity index (χ1) is 7.88. The minimum absolute atomic E-state index is 0.332. The van der Waals surface area contributed by atoms with Crippen LogP contribution < -0.4 is 0 Å². The number of nitrogens with one attached hydrogen (secondary N) is 1. The molecule has 7 heteroatoms. The maximum absolute atomic E-state index is 5.12. The van der Waals surface area contributed by atoms with Crippen molar-refractivity contribution in [2.45, 2.75) is 13.0 Å². The molecule has 1 N–H and O–H groups in total. The number of tetrazole rings is 1. The number of hydrogen-bond donors (Lipinski definition) is 1. The van der Waals surface area contributed by atoms with Crippen LogP contribution in [0.25, 0.3) is 0 Å². The average molecular weight is 213 g/mol. The van der Waals surface area contributed by atoms with Crippen molar-refractivity contribution in [3.8, 4) is 24.2 Å². The summed E-state index contributed by atoms with van der Waals surface area (Å²) in [7, 11) is 0. The number of aromatic amines is 1. The van der Waals surface area contributed by atoms with Crippen LogP contribution >= 0.6 is 0 Å². The molecule has 0 aliphatic carbocycles. The summed E-state index contributed by atoms with van der Waals surface area (Å²) in [5, 5.41) is 17.9. The maximum Gasteiger partial charge on any atom is 0.200 e. The molecule has 0 spiro atoms. The summed E-state index contributed by atoms with van der Waals surface area (Å²) in [5.74, 6) is 9.05. The van der Waals surface area contributed by atoms with Gasteiger partial charge in [0.15, 0.2) is 5.82 Å². The van der Waals surface area contributed by atoms with E-state index < -0.39 is 0 Å². The highest BCUT2D eigenvalue weighted by molar-refractivity contribution is 5.17. The van der Waals surface area contributed by atoms with Gasteiger partial charge in [0.1, 0.15) is 12.9 Å². The van der Waals surface area contributed by atoms with Crippen LogP contribution in [0.15, 0.2) is 6.33 Å². The van der Waals surface area contributed by atoms with Crippen molar-refractivity contribution in [3.63, 3.8) is 0 Å². The van der Waals surface area contributed by atoms with Gasteiger partial charge in [0.05, 0.1) is 6.42 Å². The maximum atomic E-state index is 5.12. The lowest BCUT2D eigenvalue weighted by Crippen LogP contribution is -2.01. The van der Waals surface area contributed by atoms with E-state index in [9.17, 15) is 0 Å². The third kappa shape index (κ3) is 2.42. The number of terminal acetylenes is 1. The molecule has 0 bridgehead atoms. The zero-order valence-corrected chi connectivity index (χ0v) is 8.25. The monoisotopic (exact) mass is 213 g/mol. The number of aromatic nitrogens is 7. The smallest absolute Gasteiger partial charge is 0.200 e. The second-order valence-electron chi connectivity index (χ2n) is 2.75. The van der Waals surface area contributed by atoms with Crippen molar-refractivity contribution < 1.29 is 0 Å². The van der Waals surface area contributed by atoms with E-state index in [0.717, 1.165) is 0 Å². The first-order valence-corrected chi connectivity index (χ1v) is 4.43. The third-order valence-corrected chi connectivity index (χ3v) is 1.60. The van der Waals surface area contributed by atoms with E-state index in [1.807, 2.05) is 0 Å². The number of H-pyrrole nitrogens is 1. The van der Waals surface area contributed by atoms with Gasteiger partial charge in [-0.15, -0.1) is 16.6 Å². The van der Waals surface area contributed by atoms with Gasteiger partial charge in [0.25, 0.3) is 0 Å². The molecule has 2 heterocycles. The lowest BCUT2D eigenvalue weighted by molar-refractivity contribution is 0.590. The van der Waals surface area contributed by atoms with Gasteiger partial charge in [-0.3, -0.25) is 5.10 Å². The van der Waals surface area contributed by atoms with Crippen LogP contribution in [0.2, 0.25) is 0 Å². The van der Waals surface area contributed by atoms with E-state index in [4.69, 9.17) is 6.42 Å². The van der Waals surface area contributed by atoms with Crippen LogP contribution in [0.5, 0.6) is 0 Å². The molecule has 2 aromatic heterocycles. The van der Waals surface area contributed by atoms with Gasteiger partial charge in [0.2, 0.25) is 5.82 Å². The Balaban J connectivity index is 1.97. The minimum atomic E-state index is 0.332. The fourth-order valence-electron chi connectivity index (χ4n) is 0.965. The second kappa shape index (κ2) is 4.71. The van der Waals surface area contributed by atoms with Crippen LogP contribution in [-0.2, 0) is 13.0 Å². The predicted octanol–water partition coefficient (Wildman–Crippen LogP) is -0.981. The topological polar surface area (TPSA) is 85.2 Å². The highest BCUT2D eigenvalue weighted by atomic mass is 15.6. The summed E-state index contributed by atoms with van der Waals surface area (Å²) < 4.78 is 0. The molecule has 0 atom stereocenters. The summed E-state index contributed by atoms with van der Waals surface area (Å²) >= 11 is 0. The van der Waals surface area contributed by atoms with Gasteiger partial charge in [-0.2, -0.15) is 9.90 Å². The van der Waals surface area contributed by atoms with E-state index in [2.05, 4.69) is 48.4 Å². The first kappa shape index (κ1) is 9.87. The third-order valence-electron chi connectivity index (χ3n) is 1.60. The van der Waals surface area contributed by atoms with Crippen LogP contribution in [0, 0.1) is 24.2 Å². The molecular weight excluding hydrogens is 206 g/mol. The summed E-state index contributed by atoms with van der Waals surface area (Å²) in [5.41, 5.74) is 0.